The lowest BCUT2D eigenvalue weighted by Gasteiger charge is -2.42. The van der Waals surface area contributed by atoms with Gasteiger partial charge in [-0.2, -0.15) is 5.10 Å². The second-order valence-corrected chi connectivity index (χ2v) is 6.52. The van der Waals surface area contributed by atoms with Gasteiger partial charge in [0.15, 0.2) is 5.65 Å². The fraction of sp³-hybridized carbons (Fsp3) is 0.733. The van der Waals surface area contributed by atoms with Gasteiger partial charge in [-0.05, 0) is 31.6 Å². The lowest BCUT2D eigenvalue weighted by Crippen LogP contribution is -2.34. The minimum atomic E-state index is 0.465. The lowest BCUT2D eigenvalue weighted by molar-refractivity contribution is 0.100. The third-order valence-corrected chi connectivity index (χ3v) is 5.13. The molecule has 0 radical (unpaired) electrons. The summed E-state index contributed by atoms with van der Waals surface area (Å²) in [5.74, 6) is 1.74. The van der Waals surface area contributed by atoms with E-state index in [9.17, 15) is 0 Å². The van der Waals surface area contributed by atoms with Crippen molar-refractivity contribution in [3.05, 3.63) is 11.5 Å². The monoisotopic (exact) mass is 294 g/mol. The summed E-state index contributed by atoms with van der Waals surface area (Å²) in [6, 6.07) is 0. The number of hydrogen-bond donors (Lipinski definition) is 0. The lowest BCUT2D eigenvalue weighted by atomic mass is 9.67. The van der Waals surface area contributed by atoms with Crippen LogP contribution in [0.4, 0.5) is 0 Å². The van der Waals surface area contributed by atoms with Crippen LogP contribution < -0.4 is 0 Å². The second-order valence-electron chi connectivity index (χ2n) is 6.14. The molecule has 1 fully saturated rings. The zero-order valence-electron chi connectivity index (χ0n) is 12.6. The minimum absolute atomic E-state index is 0.465. The Kier molecular flexibility index (Phi) is 3.53. The Morgan fingerprint density at radius 2 is 2.10 bits per heavy atom. The van der Waals surface area contributed by atoms with E-state index in [1.807, 2.05) is 18.7 Å². The highest BCUT2D eigenvalue weighted by atomic mass is 35.5. The standard InChI is InChI=1S/C15H23ClN4/c1-4-15(7-5-8-15)10-20-12(6-9-16)17-13-11(2)18-19(3)14(13)20/h4-10H2,1-3H3. The molecule has 3 rings (SSSR count). The van der Waals surface area contributed by atoms with E-state index in [4.69, 9.17) is 16.6 Å². The van der Waals surface area contributed by atoms with Gasteiger partial charge in [-0.3, -0.25) is 4.68 Å². The van der Waals surface area contributed by atoms with Crippen molar-refractivity contribution < 1.29 is 0 Å². The van der Waals surface area contributed by atoms with Crippen molar-refractivity contribution in [2.24, 2.45) is 12.5 Å². The molecule has 5 heteroatoms. The first kappa shape index (κ1) is 13.9. The number of nitrogens with zero attached hydrogens (tertiary/aromatic N) is 4. The molecule has 0 aromatic carbocycles. The van der Waals surface area contributed by atoms with Crippen molar-refractivity contribution in [2.75, 3.05) is 5.88 Å². The zero-order valence-corrected chi connectivity index (χ0v) is 13.4. The number of rotatable bonds is 5. The fourth-order valence-electron chi connectivity index (χ4n) is 3.46. The van der Waals surface area contributed by atoms with Gasteiger partial charge in [-0.1, -0.05) is 13.3 Å². The molecule has 1 aliphatic carbocycles. The first-order valence-electron chi connectivity index (χ1n) is 7.55. The highest BCUT2D eigenvalue weighted by Crippen LogP contribution is 2.45. The van der Waals surface area contributed by atoms with Crippen LogP contribution in [0.5, 0.6) is 0 Å². The minimum Gasteiger partial charge on any atom is -0.312 e. The van der Waals surface area contributed by atoms with Crippen molar-refractivity contribution >= 4 is 22.8 Å². The van der Waals surface area contributed by atoms with E-state index in [1.54, 1.807) is 0 Å². The van der Waals surface area contributed by atoms with Crippen LogP contribution in [0.15, 0.2) is 0 Å². The molecule has 0 spiro atoms. The quantitative estimate of drug-likeness (QED) is 0.792. The molecule has 0 aliphatic heterocycles. The summed E-state index contributed by atoms with van der Waals surface area (Å²) in [5.41, 5.74) is 3.67. The Morgan fingerprint density at radius 3 is 2.65 bits per heavy atom. The molecule has 0 atom stereocenters. The molecule has 4 nitrogen and oxygen atoms in total. The Morgan fingerprint density at radius 1 is 1.35 bits per heavy atom. The smallest absolute Gasteiger partial charge is 0.158 e. The molecule has 20 heavy (non-hydrogen) atoms. The molecule has 0 bridgehead atoms. The van der Waals surface area contributed by atoms with Gasteiger partial charge >= 0.3 is 0 Å². The number of hydrogen-bond acceptors (Lipinski definition) is 2. The fourth-order valence-corrected chi connectivity index (χ4v) is 3.63. The van der Waals surface area contributed by atoms with E-state index in [0.717, 1.165) is 35.6 Å². The number of aryl methyl sites for hydroxylation is 3. The molecule has 1 aliphatic rings. The third-order valence-electron chi connectivity index (χ3n) is 4.94. The Hall–Kier alpha value is -1.03. The summed E-state index contributed by atoms with van der Waals surface area (Å²) < 4.78 is 4.35. The van der Waals surface area contributed by atoms with E-state index < -0.39 is 0 Å². The molecule has 0 unspecified atom stereocenters. The number of aromatic nitrogens is 4. The molecule has 0 saturated heterocycles. The number of alkyl halides is 1. The largest absolute Gasteiger partial charge is 0.312 e. The molecule has 2 aromatic heterocycles. The van der Waals surface area contributed by atoms with E-state index in [2.05, 4.69) is 16.6 Å². The molecule has 0 amide bonds. The van der Waals surface area contributed by atoms with Crippen LogP contribution in [0.2, 0.25) is 0 Å². The zero-order chi connectivity index (χ0) is 14.3. The van der Waals surface area contributed by atoms with Gasteiger partial charge in [0.2, 0.25) is 0 Å². The number of halogens is 1. The Labute approximate surface area is 125 Å². The Bertz CT molecular complexity index is 616. The van der Waals surface area contributed by atoms with Gasteiger partial charge in [0, 0.05) is 25.9 Å². The maximum atomic E-state index is 5.96. The summed E-state index contributed by atoms with van der Waals surface area (Å²) in [7, 11) is 2.01. The molecule has 1 saturated carbocycles. The maximum absolute atomic E-state index is 5.96. The maximum Gasteiger partial charge on any atom is 0.158 e. The predicted octanol–water partition coefficient (Wildman–Crippen LogP) is 3.44. The summed E-state index contributed by atoms with van der Waals surface area (Å²) in [4.78, 5) is 4.79. The molecule has 2 aromatic rings. The average molecular weight is 295 g/mol. The normalized spacial score (nSPS) is 17.6. The molecular formula is C15H23ClN4. The number of imidazole rings is 1. The molecule has 0 N–H and O–H groups in total. The van der Waals surface area contributed by atoms with Gasteiger partial charge in [0.05, 0.1) is 5.69 Å². The van der Waals surface area contributed by atoms with Gasteiger partial charge < -0.3 is 4.57 Å². The van der Waals surface area contributed by atoms with E-state index in [-0.39, 0.29) is 0 Å². The van der Waals surface area contributed by atoms with Crippen LogP contribution in [-0.2, 0) is 20.0 Å². The number of fused-ring (bicyclic) bond motifs is 1. The van der Waals surface area contributed by atoms with E-state index in [0.29, 0.717) is 11.3 Å². The van der Waals surface area contributed by atoms with Crippen molar-refractivity contribution in [2.45, 2.75) is 52.5 Å². The van der Waals surface area contributed by atoms with E-state index >= 15 is 0 Å². The molecule has 2 heterocycles. The van der Waals surface area contributed by atoms with Crippen LogP contribution in [0.25, 0.3) is 11.2 Å². The first-order valence-corrected chi connectivity index (χ1v) is 8.08. The molecular weight excluding hydrogens is 272 g/mol. The highest BCUT2D eigenvalue weighted by molar-refractivity contribution is 6.17. The van der Waals surface area contributed by atoms with Crippen LogP contribution in [0.1, 0.15) is 44.1 Å². The second kappa shape index (κ2) is 5.06. The van der Waals surface area contributed by atoms with Crippen LogP contribution >= 0.6 is 11.6 Å². The summed E-state index contributed by atoms with van der Waals surface area (Å²) in [5, 5.41) is 4.51. The summed E-state index contributed by atoms with van der Waals surface area (Å²) in [6.45, 7) is 5.40. The van der Waals surface area contributed by atoms with Crippen LogP contribution in [0.3, 0.4) is 0 Å². The van der Waals surface area contributed by atoms with Gasteiger partial charge in [-0.15, -0.1) is 11.6 Å². The van der Waals surface area contributed by atoms with Crippen LogP contribution in [0, 0.1) is 12.3 Å². The average Bonchev–Trinajstić information content (AvgIpc) is 2.85. The highest BCUT2D eigenvalue weighted by Gasteiger charge is 2.36. The molecule has 110 valence electrons. The predicted molar refractivity (Wildman–Crippen MR) is 82.2 cm³/mol. The third kappa shape index (κ3) is 2.05. The van der Waals surface area contributed by atoms with Crippen molar-refractivity contribution in [1.82, 2.24) is 19.3 Å². The van der Waals surface area contributed by atoms with Crippen molar-refractivity contribution in [3.8, 4) is 0 Å². The first-order chi connectivity index (χ1) is 9.60. The van der Waals surface area contributed by atoms with E-state index in [1.165, 1.54) is 25.7 Å². The topological polar surface area (TPSA) is 35.6 Å². The van der Waals surface area contributed by atoms with Crippen molar-refractivity contribution in [1.29, 1.82) is 0 Å². The SMILES string of the molecule is CCC1(Cn2c(CCCl)nc3c(C)nn(C)c32)CCC1. The van der Waals surface area contributed by atoms with Crippen LogP contribution in [-0.4, -0.2) is 25.2 Å². The van der Waals surface area contributed by atoms with Crippen molar-refractivity contribution in [3.63, 3.8) is 0 Å². The summed E-state index contributed by atoms with van der Waals surface area (Å²) >= 11 is 5.96. The van der Waals surface area contributed by atoms with Gasteiger partial charge in [0.25, 0.3) is 0 Å². The van der Waals surface area contributed by atoms with Gasteiger partial charge in [-0.25, -0.2) is 4.98 Å². The van der Waals surface area contributed by atoms with Gasteiger partial charge in [0.1, 0.15) is 11.3 Å². The summed E-state index contributed by atoms with van der Waals surface area (Å²) in [6.07, 6.45) is 6.10. The Balaban J connectivity index is 2.08.